The highest BCUT2D eigenvalue weighted by Crippen LogP contribution is 2.31. The smallest absolute Gasteiger partial charge is 0.309 e. The number of esters is 1. The maximum absolute atomic E-state index is 12.6. The number of hydrogen-bond acceptors (Lipinski definition) is 3. The van der Waals surface area contributed by atoms with Gasteiger partial charge in [0.05, 0.1) is 11.8 Å². The maximum Gasteiger partial charge on any atom is 0.309 e. The lowest BCUT2D eigenvalue weighted by Gasteiger charge is -2.28. The molecular formula is C25H46O4. The number of unbranched alkanes of at least 4 members (excludes halogenated alkanes) is 7. The van der Waals surface area contributed by atoms with Gasteiger partial charge in [0.1, 0.15) is 6.10 Å². The van der Waals surface area contributed by atoms with E-state index in [4.69, 9.17) is 4.74 Å². The van der Waals surface area contributed by atoms with Gasteiger partial charge in [0, 0.05) is 0 Å². The molecule has 0 radical (unpaired) electrons. The van der Waals surface area contributed by atoms with Crippen molar-refractivity contribution in [1.29, 1.82) is 0 Å². The Labute approximate surface area is 179 Å². The van der Waals surface area contributed by atoms with Gasteiger partial charge in [0.25, 0.3) is 0 Å². The largest absolute Gasteiger partial charge is 0.481 e. The van der Waals surface area contributed by atoms with Crippen LogP contribution < -0.4 is 0 Å². The molecule has 29 heavy (non-hydrogen) atoms. The van der Waals surface area contributed by atoms with Crippen LogP contribution in [0.1, 0.15) is 118 Å². The van der Waals surface area contributed by atoms with E-state index in [1.54, 1.807) is 0 Å². The van der Waals surface area contributed by atoms with Crippen LogP contribution in [0.4, 0.5) is 0 Å². The van der Waals surface area contributed by atoms with Crippen molar-refractivity contribution in [3.63, 3.8) is 0 Å². The third-order valence-electron chi connectivity index (χ3n) is 6.39. The molecule has 0 saturated heterocycles. The Morgan fingerprint density at radius 2 is 1.34 bits per heavy atom. The van der Waals surface area contributed by atoms with Crippen LogP contribution in [0.15, 0.2) is 0 Å². The van der Waals surface area contributed by atoms with Crippen LogP contribution in [0.5, 0.6) is 0 Å². The SMILES string of the molecule is CC(C)CCCCCCCCCCC(OC(=O)C1CCCC(C(=O)O)C1)C(C)C. The zero-order chi connectivity index (χ0) is 21.6. The third kappa shape index (κ3) is 11.6. The summed E-state index contributed by atoms with van der Waals surface area (Å²) in [6, 6.07) is 0. The highest BCUT2D eigenvalue weighted by atomic mass is 16.5. The van der Waals surface area contributed by atoms with E-state index in [1.807, 2.05) is 0 Å². The quantitative estimate of drug-likeness (QED) is 0.233. The van der Waals surface area contributed by atoms with Gasteiger partial charge in [-0.2, -0.15) is 0 Å². The number of carbonyl (C=O) groups excluding carboxylic acids is 1. The molecule has 1 fully saturated rings. The molecule has 1 aliphatic rings. The van der Waals surface area contributed by atoms with Crippen molar-refractivity contribution in [3.05, 3.63) is 0 Å². The predicted octanol–water partition coefficient (Wildman–Crippen LogP) is 7.00. The summed E-state index contributed by atoms with van der Waals surface area (Å²) in [6.07, 6.45) is 15.3. The molecule has 0 heterocycles. The van der Waals surface area contributed by atoms with E-state index in [9.17, 15) is 14.7 Å². The molecule has 0 aromatic rings. The van der Waals surface area contributed by atoms with Gasteiger partial charge in [0.15, 0.2) is 0 Å². The molecule has 1 rings (SSSR count). The fraction of sp³-hybridized carbons (Fsp3) is 0.920. The molecule has 1 saturated carbocycles. The Morgan fingerprint density at radius 3 is 1.86 bits per heavy atom. The molecule has 3 unspecified atom stereocenters. The Kier molecular flexibility index (Phi) is 13.3. The first-order valence-electron chi connectivity index (χ1n) is 12.2. The minimum Gasteiger partial charge on any atom is -0.481 e. The molecule has 0 spiro atoms. The minimum absolute atomic E-state index is 0.0382. The number of hydrogen-bond donors (Lipinski definition) is 1. The van der Waals surface area contributed by atoms with E-state index in [0.717, 1.165) is 31.6 Å². The van der Waals surface area contributed by atoms with Crippen LogP contribution in [0.3, 0.4) is 0 Å². The normalized spacial score (nSPS) is 20.8. The van der Waals surface area contributed by atoms with Crippen molar-refractivity contribution < 1.29 is 19.4 Å². The number of rotatable bonds is 15. The van der Waals surface area contributed by atoms with Crippen LogP contribution in [0.25, 0.3) is 0 Å². The summed E-state index contributed by atoms with van der Waals surface area (Å²) in [6.45, 7) is 8.80. The van der Waals surface area contributed by atoms with Gasteiger partial charge in [0.2, 0.25) is 0 Å². The van der Waals surface area contributed by atoms with Crippen molar-refractivity contribution in [3.8, 4) is 0 Å². The molecular weight excluding hydrogens is 364 g/mol. The molecule has 0 amide bonds. The van der Waals surface area contributed by atoms with Crippen molar-refractivity contribution in [2.75, 3.05) is 0 Å². The van der Waals surface area contributed by atoms with E-state index < -0.39 is 5.97 Å². The first-order valence-corrected chi connectivity index (χ1v) is 12.2. The van der Waals surface area contributed by atoms with Gasteiger partial charge in [-0.15, -0.1) is 0 Å². The first kappa shape index (κ1) is 26.0. The molecule has 0 aliphatic heterocycles. The Balaban J connectivity index is 2.18. The highest BCUT2D eigenvalue weighted by Gasteiger charge is 2.33. The minimum atomic E-state index is -0.775. The lowest BCUT2D eigenvalue weighted by atomic mass is 9.81. The number of aliphatic carboxylic acids is 1. The summed E-state index contributed by atoms with van der Waals surface area (Å²) < 4.78 is 5.84. The van der Waals surface area contributed by atoms with Crippen molar-refractivity contribution >= 4 is 11.9 Å². The second-order valence-corrected chi connectivity index (χ2v) is 9.92. The van der Waals surface area contributed by atoms with E-state index in [2.05, 4.69) is 27.7 Å². The number of carboxylic acid groups (broad SMARTS) is 1. The van der Waals surface area contributed by atoms with Gasteiger partial charge < -0.3 is 9.84 Å². The standard InChI is InChI=1S/C25H46O4/c1-19(2)14-11-9-7-5-6-8-10-12-17-23(20(3)4)29-25(28)22-16-13-15-21(18-22)24(26)27/h19-23H,5-18H2,1-4H3,(H,26,27). The Morgan fingerprint density at radius 1 is 0.828 bits per heavy atom. The van der Waals surface area contributed by atoms with Crippen LogP contribution in [-0.2, 0) is 14.3 Å². The molecule has 0 aromatic carbocycles. The van der Waals surface area contributed by atoms with Gasteiger partial charge in [-0.25, -0.2) is 0 Å². The zero-order valence-electron chi connectivity index (χ0n) is 19.5. The molecule has 1 N–H and O–H groups in total. The third-order valence-corrected chi connectivity index (χ3v) is 6.39. The van der Waals surface area contributed by atoms with Crippen molar-refractivity contribution in [2.45, 2.75) is 124 Å². The molecule has 4 heteroatoms. The monoisotopic (exact) mass is 410 g/mol. The van der Waals surface area contributed by atoms with Crippen LogP contribution >= 0.6 is 0 Å². The van der Waals surface area contributed by atoms with Crippen molar-refractivity contribution in [1.82, 2.24) is 0 Å². The first-order chi connectivity index (χ1) is 13.8. The summed E-state index contributed by atoms with van der Waals surface area (Å²) in [7, 11) is 0. The van der Waals surface area contributed by atoms with Crippen LogP contribution in [0, 0.1) is 23.7 Å². The summed E-state index contributed by atoms with van der Waals surface area (Å²) in [5.74, 6) is -0.432. The number of carbonyl (C=O) groups is 2. The average molecular weight is 411 g/mol. The van der Waals surface area contributed by atoms with Gasteiger partial charge in [-0.3, -0.25) is 9.59 Å². The topological polar surface area (TPSA) is 63.6 Å². The molecule has 4 nitrogen and oxygen atoms in total. The molecule has 3 atom stereocenters. The maximum atomic E-state index is 12.6. The van der Waals surface area contributed by atoms with Gasteiger partial charge in [-0.05, 0) is 43.9 Å². The summed E-state index contributed by atoms with van der Waals surface area (Å²) in [5, 5.41) is 9.22. The fourth-order valence-corrected chi connectivity index (χ4v) is 4.36. The van der Waals surface area contributed by atoms with E-state index >= 15 is 0 Å². The van der Waals surface area contributed by atoms with E-state index in [1.165, 1.54) is 51.4 Å². The summed E-state index contributed by atoms with van der Waals surface area (Å²) in [4.78, 5) is 23.8. The summed E-state index contributed by atoms with van der Waals surface area (Å²) >= 11 is 0. The van der Waals surface area contributed by atoms with Crippen molar-refractivity contribution in [2.24, 2.45) is 23.7 Å². The van der Waals surface area contributed by atoms with E-state index in [-0.39, 0.29) is 23.9 Å². The Hall–Kier alpha value is -1.06. The lowest BCUT2D eigenvalue weighted by molar-refractivity contribution is -0.159. The molecule has 170 valence electrons. The Bertz CT molecular complexity index is 458. The summed E-state index contributed by atoms with van der Waals surface area (Å²) in [5.41, 5.74) is 0. The zero-order valence-corrected chi connectivity index (χ0v) is 19.5. The second kappa shape index (κ2) is 14.8. The highest BCUT2D eigenvalue weighted by molar-refractivity contribution is 5.75. The average Bonchev–Trinajstić information content (AvgIpc) is 2.67. The molecule has 0 bridgehead atoms. The molecule has 1 aliphatic carbocycles. The van der Waals surface area contributed by atoms with Gasteiger partial charge in [-0.1, -0.05) is 85.5 Å². The number of carboxylic acids is 1. The van der Waals surface area contributed by atoms with Gasteiger partial charge >= 0.3 is 11.9 Å². The van der Waals surface area contributed by atoms with Crippen LogP contribution in [-0.4, -0.2) is 23.1 Å². The second-order valence-electron chi connectivity index (χ2n) is 9.92. The van der Waals surface area contributed by atoms with E-state index in [0.29, 0.717) is 18.8 Å². The predicted molar refractivity (Wildman–Crippen MR) is 119 cm³/mol. The number of ether oxygens (including phenoxy) is 1. The fourth-order valence-electron chi connectivity index (χ4n) is 4.36. The lowest BCUT2D eigenvalue weighted by Crippen LogP contribution is -2.32. The molecule has 0 aromatic heterocycles. The van der Waals surface area contributed by atoms with Crippen LogP contribution in [0.2, 0.25) is 0 Å².